The largest absolute Gasteiger partial charge is 0.466 e. The summed E-state index contributed by atoms with van der Waals surface area (Å²) in [4.78, 5) is 11.6. The minimum absolute atomic E-state index is 0.348. The van der Waals surface area contributed by atoms with E-state index in [0.717, 1.165) is 4.91 Å². The van der Waals surface area contributed by atoms with Crippen LogP contribution >= 0.6 is 11.8 Å². The number of hydrogen-bond donors (Lipinski definition) is 0. The molecular weight excluding hydrogens is 196 g/mol. The molecule has 3 heteroatoms. The minimum Gasteiger partial charge on any atom is -0.466 e. The third kappa shape index (κ3) is 9.13. The van der Waals surface area contributed by atoms with Gasteiger partial charge in [-0.05, 0) is 18.4 Å². The van der Waals surface area contributed by atoms with Crippen LogP contribution in [0.15, 0.2) is 35.1 Å². The Morgan fingerprint density at radius 2 is 1.93 bits per heavy atom. The zero-order valence-electron chi connectivity index (χ0n) is 9.24. The number of esters is 1. The van der Waals surface area contributed by atoms with E-state index in [0.29, 0.717) is 0 Å². The van der Waals surface area contributed by atoms with E-state index in [-0.39, 0.29) is 5.97 Å². The number of carbonyl (C=O) groups excluding carboxylic acids is 1. The van der Waals surface area contributed by atoms with Crippen LogP contribution in [0.2, 0.25) is 0 Å². The van der Waals surface area contributed by atoms with Gasteiger partial charge in [0.25, 0.3) is 0 Å². The normalized spacial score (nSPS) is 10.4. The maximum absolute atomic E-state index is 10.7. The maximum atomic E-state index is 10.7. The van der Waals surface area contributed by atoms with E-state index in [9.17, 15) is 4.79 Å². The Balaban J connectivity index is 0. The molecule has 0 atom stereocenters. The summed E-state index contributed by atoms with van der Waals surface area (Å²) in [5.41, 5.74) is 0. The van der Waals surface area contributed by atoms with E-state index in [1.165, 1.54) is 24.9 Å². The number of carbonyl (C=O) groups is 1. The van der Waals surface area contributed by atoms with Crippen LogP contribution in [0, 0.1) is 0 Å². The van der Waals surface area contributed by atoms with Crippen LogP contribution in [0.5, 0.6) is 0 Å². The second-order valence-corrected chi connectivity index (χ2v) is 2.87. The van der Waals surface area contributed by atoms with Crippen molar-refractivity contribution in [3.05, 3.63) is 35.1 Å². The van der Waals surface area contributed by atoms with Gasteiger partial charge in [-0.2, -0.15) is 0 Å². The van der Waals surface area contributed by atoms with Gasteiger partial charge in [-0.25, -0.2) is 4.79 Å². The van der Waals surface area contributed by atoms with Crippen molar-refractivity contribution in [3.63, 3.8) is 0 Å². The van der Waals surface area contributed by atoms with Crippen molar-refractivity contribution in [2.45, 2.75) is 20.8 Å². The predicted molar refractivity (Wildman–Crippen MR) is 64.0 cm³/mol. The molecule has 0 fully saturated rings. The average molecular weight is 214 g/mol. The molecule has 0 aromatic carbocycles. The summed E-state index contributed by atoms with van der Waals surface area (Å²) in [5.74, 6) is -0.348. The lowest BCUT2D eigenvalue weighted by molar-refractivity contribution is -0.134. The van der Waals surface area contributed by atoms with E-state index >= 15 is 0 Å². The number of thioether (sulfide) groups is 1. The van der Waals surface area contributed by atoms with Crippen LogP contribution in [0.3, 0.4) is 0 Å². The second-order valence-electron chi connectivity index (χ2n) is 1.83. The lowest BCUT2D eigenvalue weighted by atomic mass is 10.4. The van der Waals surface area contributed by atoms with Gasteiger partial charge in [0.15, 0.2) is 0 Å². The zero-order valence-corrected chi connectivity index (χ0v) is 10.1. The first-order valence-electron chi connectivity index (χ1n) is 4.44. The van der Waals surface area contributed by atoms with Gasteiger partial charge in [-0.1, -0.05) is 38.3 Å². The molecule has 0 aromatic heterocycles. The van der Waals surface area contributed by atoms with Gasteiger partial charge in [-0.3, -0.25) is 0 Å². The summed E-state index contributed by atoms with van der Waals surface area (Å²) in [6.07, 6.45) is 4.97. The second kappa shape index (κ2) is 12.0. The fourth-order valence-corrected chi connectivity index (χ4v) is 0.993. The highest BCUT2D eigenvalue weighted by atomic mass is 32.2. The highest BCUT2D eigenvalue weighted by Crippen LogP contribution is 2.16. The van der Waals surface area contributed by atoms with Gasteiger partial charge < -0.3 is 4.74 Å². The van der Waals surface area contributed by atoms with Gasteiger partial charge in [0.05, 0.1) is 7.11 Å². The number of ether oxygens (including phenoxy) is 1. The third-order valence-corrected chi connectivity index (χ3v) is 1.90. The first-order chi connectivity index (χ1) is 6.74. The molecule has 0 saturated carbocycles. The minimum atomic E-state index is -0.348. The maximum Gasteiger partial charge on any atom is 0.330 e. The van der Waals surface area contributed by atoms with Gasteiger partial charge in [0.1, 0.15) is 0 Å². The fraction of sp³-hybridized carbons (Fsp3) is 0.364. The lowest BCUT2D eigenvalue weighted by Crippen LogP contribution is -1.93. The molecule has 0 aliphatic rings. The fourth-order valence-electron chi connectivity index (χ4n) is 0.518. The van der Waals surface area contributed by atoms with Crippen LogP contribution in [0.4, 0.5) is 0 Å². The Bertz CT molecular complexity index is 217. The standard InChI is InChI=1S/C9H12O2S.C2H6/c1-4-8(12-5-2)6-7-9(10)11-3;1-2/h4-7H,2H2,1,3H3;1-2H3/b7-6+,8-4-;. The summed E-state index contributed by atoms with van der Waals surface area (Å²) in [6, 6.07) is 0. The summed E-state index contributed by atoms with van der Waals surface area (Å²) >= 11 is 1.46. The molecule has 0 radical (unpaired) electrons. The SMILES string of the molecule is C=CSC(=C\C)/C=C/C(=O)OC.CC. The molecule has 0 aliphatic carbocycles. The van der Waals surface area contributed by atoms with Crippen molar-refractivity contribution in [1.29, 1.82) is 0 Å². The molecule has 0 bridgehead atoms. The predicted octanol–water partition coefficient (Wildman–Crippen LogP) is 3.52. The molecule has 2 nitrogen and oxygen atoms in total. The van der Waals surface area contributed by atoms with Gasteiger partial charge in [0.2, 0.25) is 0 Å². The number of hydrogen-bond acceptors (Lipinski definition) is 3. The Kier molecular flexibility index (Phi) is 13.3. The van der Waals surface area contributed by atoms with Crippen molar-refractivity contribution >= 4 is 17.7 Å². The van der Waals surface area contributed by atoms with E-state index in [2.05, 4.69) is 11.3 Å². The molecular formula is C11H18O2S. The Hall–Kier alpha value is -0.960. The van der Waals surface area contributed by atoms with Gasteiger partial charge in [0, 0.05) is 11.0 Å². The summed E-state index contributed by atoms with van der Waals surface area (Å²) < 4.78 is 4.44. The molecule has 0 N–H and O–H groups in total. The van der Waals surface area contributed by atoms with E-state index in [1.807, 2.05) is 26.8 Å². The van der Waals surface area contributed by atoms with Crippen molar-refractivity contribution in [2.24, 2.45) is 0 Å². The van der Waals surface area contributed by atoms with Crippen molar-refractivity contribution in [3.8, 4) is 0 Å². The Morgan fingerprint density at radius 3 is 2.29 bits per heavy atom. The van der Waals surface area contributed by atoms with Crippen molar-refractivity contribution < 1.29 is 9.53 Å². The molecule has 0 aliphatic heterocycles. The number of rotatable bonds is 4. The quantitative estimate of drug-likeness (QED) is 0.407. The molecule has 0 rings (SSSR count). The molecule has 0 unspecified atom stereocenters. The van der Waals surface area contributed by atoms with Crippen molar-refractivity contribution in [1.82, 2.24) is 0 Å². The van der Waals surface area contributed by atoms with Gasteiger partial charge >= 0.3 is 5.97 Å². The molecule has 14 heavy (non-hydrogen) atoms. The van der Waals surface area contributed by atoms with Crippen LogP contribution in [-0.4, -0.2) is 13.1 Å². The summed E-state index contributed by atoms with van der Waals surface area (Å²) in [7, 11) is 1.35. The summed E-state index contributed by atoms with van der Waals surface area (Å²) in [5, 5.41) is 1.71. The molecule has 0 amide bonds. The van der Waals surface area contributed by atoms with E-state index in [4.69, 9.17) is 0 Å². The first kappa shape index (κ1) is 15.5. The Labute approximate surface area is 90.7 Å². The molecule has 0 heterocycles. The third-order valence-electron chi connectivity index (χ3n) is 1.09. The summed E-state index contributed by atoms with van der Waals surface area (Å²) in [6.45, 7) is 9.46. The highest BCUT2D eigenvalue weighted by molar-refractivity contribution is 8.06. The Morgan fingerprint density at radius 1 is 1.36 bits per heavy atom. The van der Waals surface area contributed by atoms with Crippen LogP contribution in [0.25, 0.3) is 0 Å². The van der Waals surface area contributed by atoms with Crippen LogP contribution in [-0.2, 0) is 9.53 Å². The van der Waals surface area contributed by atoms with Crippen LogP contribution in [0.1, 0.15) is 20.8 Å². The smallest absolute Gasteiger partial charge is 0.330 e. The van der Waals surface area contributed by atoms with Crippen LogP contribution < -0.4 is 0 Å². The molecule has 0 saturated heterocycles. The molecule has 0 spiro atoms. The monoisotopic (exact) mass is 214 g/mol. The molecule has 0 aromatic rings. The average Bonchev–Trinajstić information content (AvgIpc) is 2.26. The first-order valence-corrected chi connectivity index (χ1v) is 5.32. The number of allylic oxidation sites excluding steroid dienone is 2. The lowest BCUT2D eigenvalue weighted by Gasteiger charge is -1.93. The highest BCUT2D eigenvalue weighted by Gasteiger charge is 1.92. The van der Waals surface area contributed by atoms with E-state index in [1.54, 1.807) is 11.5 Å². The van der Waals surface area contributed by atoms with Gasteiger partial charge in [-0.15, -0.1) is 0 Å². The molecule has 80 valence electrons. The van der Waals surface area contributed by atoms with E-state index < -0.39 is 0 Å². The number of methoxy groups -OCH3 is 1. The topological polar surface area (TPSA) is 26.3 Å². The van der Waals surface area contributed by atoms with Crippen molar-refractivity contribution in [2.75, 3.05) is 7.11 Å². The zero-order chi connectivity index (χ0) is 11.4.